The number of benzene rings is 1. The van der Waals surface area contributed by atoms with E-state index >= 15 is 0 Å². The molecule has 0 radical (unpaired) electrons. The van der Waals surface area contributed by atoms with Gasteiger partial charge < -0.3 is 20.3 Å². The summed E-state index contributed by atoms with van der Waals surface area (Å²) in [5, 5.41) is 22.2. The lowest BCUT2D eigenvalue weighted by Gasteiger charge is -2.14. The van der Waals surface area contributed by atoms with Gasteiger partial charge in [0.05, 0.1) is 31.0 Å². The molecule has 1 aromatic carbocycles. The van der Waals surface area contributed by atoms with Gasteiger partial charge in [-0.3, -0.25) is 9.48 Å². The van der Waals surface area contributed by atoms with Crippen molar-refractivity contribution in [1.82, 2.24) is 24.9 Å². The van der Waals surface area contributed by atoms with Crippen molar-refractivity contribution in [2.45, 2.75) is 44.3 Å². The van der Waals surface area contributed by atoms with Crippen molar-refractivity contribution in [2.75, 3.05) is 17.2 Å². The lowest BCUT2D eigenvalue weighted by atomic mass is 10.0. The van der Waals surface area contributed by atoms with E-state index in [1.807, 2.05) is 0 Å². The molecule has 3 aromatic heterocycles. The number of nitrogens with zero attached hydrogens (tertiary/aromatic N) is 5. The summed E-state index contributed by atoms with van der Waals surface area (Å²) in [4.78, 5) is 20.9. The Balaban J connectivity index is 1.21. The molecule has 0 atom stereocenters. The van der Waals surface area contributed by atoms with Crippen LogP contribution in [0.3, 0.4) is 0 Å². The molecule has 0 unspecified atom stereocenters. The molecule has 1 fully saturated rings. The predicted octanol–water partition coefficient (Wildman–Crippen LogP) is 4.29. The van der Waals surface area contributed by atoms with Gasteiger partial charge in [0.1, 0.15) is 11.2 Å². The van der Waals surface area contributed by atoms with Gasteiger partial charge in [-0.1, -0.05) is 17.3 Å². The van der Waals surface area contributed by atoms with Crippen LogP contribution in [0.2, 0.25) is 0 Å². The van der Waals surface area contributed by atoms with Crippen LogP contribution in [-0.2, 0) is 23.2 Å². The standard InChI is InChI=1S/C25H23F4N7O3/c1-14-19(13-36(34-14)6-7-37)32-23-30-11-17(12-31-23)15-2-3-16(18(26)8-15)9-22(38)33-21-10-20(39-35-21)24(4-5-24)25(27,28)29/h2-3,8,10-13,37H,4-7,9H2,1H3,(H,30,31,32)(H,33,35,38). The molecule has 4 aromatic rings. The molecule has 14 heteroatoms. The van der Waals surface area contributed by atoms with Crippen LogP contribution in [0.4, 0.5) is 35.0 Å². The molecule has 0 bridgehead atoms. The van der Waals surface area contributed by atoms with E-state index in [-0.39, 0.29) is 43.0 Å². The van der Waals surface area contributed by atoms with Gasteiger partial charge in [0, 0.05) is 30.2 Å². The van der Waals surface area contributed by atoms with Gasteiger partial charge in [-0.15, -0.1) is 0 Å². The zero-order chi connectivity index (χ0) is 27.8. The molecule has 5 rings (SSSR count). The number of hydrogen-bond acceptors (Lipinski definition) is 8. The van der Waals surface area contributed by atoms with Crippen LogP contribution in [0.5, 0.6) is 0 Å². The Labute approximate surface area is 219 Å². The van der Waals surface area contributed by atoms with E-state index in [2.05, 4.69) is 30.9 Å². The highest BCUT2D eigenvalue weighted by molar-refractivity contribution is 5.91. The molecule has 1 saturated carbocycles. The van der Waals surface area contributed by atoms with Gasteiger partial charge >= 0.3 is 6.18 Å². The Bertz CT molecular complexity index is 1490. The minimum Gasteiger partial charge on any atom is -0.394 e. The van der Waals surface area contributed by atoms with Crippen LogP contribution in [0.1, 0.15) is 29.9 Å². The number of alkyl halides is 3. The largest absolute Gasteiger partial charge is 0.401 e. The Hall–Kier alpha value is -4.33. The minimum absolute atomic E-state index is 0.0415. The number of aliphatic hydroxyl groups is 1. The number of aryl methyl sites for hydroxylation is 1. The summed E-state index contributed by atoms with van der Waals surface area (Å²) in [6, 6.07) is 5.34. The molecule has 10 nitrogen and oxygen atoms in total. The van der Waals surface area contributed by atoms with Crippen molar-refractivity contribution in [3.05, 3.63) is 65.7 Å². The van der Waals surface area contributed by atoms with Crippen LogP contribution < -0.4 is 10.6 Å². The van der Waals surface area contributed by atoms with E-state index in [9.17, 15) is 22.4 Å². The first-order valence-electron chi connectivity index (χ1n) is 11.9. The molecule has 1 aliphatic carbocycles. The number of carbonyl (C=O) groups excluding carboxylic acids is 1. The zero-order valence-electron chi connectivity index (χ0n) is 20.6. The average molecular weight is 545 g/mol. The Morgan fingerprint density at radius 1 is 1.18 bits per heavy atom. The minimum atomic E-state index is -4.47. The number of aliphatic hydroxyl groups excluding tert-OH is 1. The van der Waals surface area contributed by atoms with E-state index in [1.54, 1.807) is 23.9 Å². The fourth-order valence-electron chi connectivity index (χ4n) is 4.10. The predicted molar refractivity (Wildman–Crippen MR) is 131 cm³/mol. The summed E-state index contributed by atoms with van der Waals surface area (Å²) in [6.07, 6.45) is -0.276. The van der Waals surface area contributed by atoms with Crippen molar-refractivity contribution in [1.29, 1.82) is 0 Å². The van der Waals surface area contributed by atoms with Gasteiger partial charge in [0.25, 0.3) is 0 Å². The highest BCUT2D eigenvalue weighted by atomic mass is 19.4. The number of rotatable bonds is 9. The number of anilines is 3. The molecule has 0 spiro atoms. The molecular formula is C25H23F4N7O3. The monoisotopic (exact) mass is 545 g/mol. The van der Waals surface area contributed by atoms with E-state index in [1.165, 1.54) is 24.5 Å². The fourth-order valence-corrected chi connectivity index (χ4v) is 4.10. The maximum atomic E-state index is 14.8. The second-order valence-electron chi connectivity index (χ2n) is 9.22. The molecule has 0 aliphatic heterocycles. The molecule has 39 heavy (non-hydrogen) atoms. The van der Waals surface area contributed by atoms with Crippen LogP contribution in [0.25, 0.3) is 11.1 Å². The molecule has 3 N–H and O–H groups in total. The Kier molecular flexibility index (Phi) is 6.80. The third-order valence-electron chi connectivity index (χ3n) is 6.45. The second-order valence-corrected chi connectivity index (χ2v) is 9.22. The first-order chi connectivity index (χ1) is 18.6. The molecule has 3 heterocycles. The SMILES string of the molecule is Cc1nn(CCO)cc1Nc1ncc(-c2ccc(CC(=O)Nc3cc(C4(C(F)(F)F)CC4)on3)c(F)c2)cn1. The topological polar surface area (TPSA) is 131 Å². The number of amides is 1. The van der Waals surface area contributed by atoms with Gasteiger partial charge in [0.2, 0.25) is 11.9 Å². The van der Waals surface area contributed by atoms with Crippen molar-refractivity contribution < 1.29 is 32.0 Å². The van der Waals surface area contributed by atoms with Crippen LogP contribution in [-0.4, -0.2) is 48.7 Å². The molecule has 204 valence electrons. The van der Waals surface area contributed by atoms with Crippen LogP contribution in [0, 0.1) is 12.7 Å². The lowest BCUT2D eigenvalue weighted by molar-refractivity contribution is -0.165. The van der Waals surface area contributed by atoms with Crippen molar-refractivity contribution in [3.63, 3.8) is 0 Å². The van der Waals surface area contributed by atoms with E-state index in [4.69, 9.17) is 9.63 Å². The summed E-state index contributed by atoms with van der Waals surface area (Å²) in [5.74, 6) is -1.51. The normalized spacial score (nSPS) is 14.3. The highest BCUT2D eigenvalue weighted by Crippen LogP contribution is 2.59. The molecule has 1 amide bonds. The average Bonchev–Trinajstić information content (AvgIpc) is 3.48. The third kappa shape index (κ3) is 5.46. The molecular weight excluding hydrogens is 522 g/mol. The maximum absolute atomic E-state index is 14.8. The number of hydrogen-bond donors (Lipinski definition) is 3. The molecule has 0 saturated heterocycles. The summed E-state index contributed by atoms with van der Waals surface area (Å²) in [5.41, 5.74) is 0.443. The van der Waals surface area contributed by atoms with Crippen LogP contribution in [0.15, 0.2) is 47.4 Å². The van der Waals surface area contributed by atoms with Gasteiger partial charge in [-0.25, -0.2) is 14.4 Å². The van der Waals surface area contributed by atoms with E-state index in [0.717, 1.165) is 6.07 Å². The highest BCUT2D eigenvalue weighted by Gasteiger charge is 2.66. The van der Waals surface area contributed by atoms with Crippen molar-refractivity contribution in [2.24, 2.45) is 0 Å². The smallest absolute Gasteiger partial charge is 0.394 e. The quantitative estimate of drug-likeness (QED) is 0.266. The van der Waals surface area contributed by atoms with Gasteiger partial charge in [-0.05, 0) is 37.0 Å². The van der Waals surface area contributed by atoms with Crippen molar-refractivity contribution >= 4 is 23.4 Å². The van der Waals surface area contributed by atoms with Gasteiger partial charge in [0.15, 0.2) is 11.6 Å². The Morgan fingerprint density at radius 3 is 2.56 bits per heavy atom. The maximum Gasteiger partial charge on any atom is 0.401 e. The second kappa shape index (κ2) is 10.1. The van der Waals surface area contributed by atoms with E-state index in [0.29, 0.717) is 35.0 Å². The number of nitrogens with one attached hydrogen (secondary N) is 2. The Morgan fingerprint density at radius 2 is 1.92 bits per heavy atom. The summed E-state index contributed by atoms with van der Waals surface area (Å²) < 4.78 is 61.0. The number of halogens is 4. The van der Waals surface area contributed by atoms with E-state index < -0.39 is 23.3 Å². The number of aromatic nitrogens is 5. The summed E-state index contributed by atoms with van der Waals surface area (Å²) >= 11 is 0. The number of carbonyl (C=O) groups is 1. The molecule has 1 aliphatic rings. The van der Waals surface area contributed by atoms with Gasteiger partial charge in [-0.2, -0.15) is 18.3 Å². The summed E-state index contributed by atoms with van der Waals surface area (Å²) in [6.45, 7) is 2.12. The van der Waals surface area contributed by atoms with Crippen molar-refractivity contribution in [3.8, 4) is 11.1 Å². The third-order valence-corrected chi connectivity index (χ3v) is 6.45. The first kappa shape index (κ1) is 26.3. The lowest BCUT2D eigenvalue weighted by Crippen LogP contribution is -2.28. The first-order valence-corrected chi connectivity index (χ1v) is 11.9. The van der Waals surface area contributed by atoms with Crippen LogP contribution >= 0.6 is 0 Å². The zero-order valence-corrected chi connectivity index (χ0v) is 20.6. The fraction of sp³-hybridized carbons (Fsp3) is 0.320. The summed E-state index contributed by atoms with van der Waals surface area (Å²) in [7, 11) is 0.